The second-order valence-electron chi connectivity index (χ2n) is 3.28. The molecule has 17 heavy (non-hydrogen) atoms. The molecular formula is C12H11NO3S. The second kappa shape index (κ2) is 6.06. The van der Waals surface area contributed by atoms with Crippen molar-refractivity contribution in [2.24, 2.45) is 0 Å². The lowest BCUT2D eigenvalue weighted by Gasteiger charge is -2.07. The average Bonchev–Trinajstić information content (AvgIpc) is 2.28. The molecule has 0 saturated carbocycles. The molecule has 0 saturated heterocycles. The number of nitriles is 1. The highest BCUT2D eigenvalue weighted by molar-refractivity contribution is 7.80. The van der Waals surface area contributed by atoms with Gasteiger partial charge in [-0.15, -0.1) is 12.6 Å². The first-order valence-electron chi connectivity index (χ1n) is 4.99. The minimum absolute atomic E-state index is 0.0367. The lowest BCUT2D eigenvalue weighted by atomic mass is 10.0. The van der Waals surface area contributed by atoms with E-state index in [0.29, 0.717) is 27.9 Å². The molecular weight excluding hydrogens is 238 g/mol. The van der Waals surface area contributed by atoms with Gasteiger partial charge in [-0.3, -0.25) is 9.59 Å². The van der Waals surface area contributed by atoms with Gasteiger partial charge >= 0.3 is 5.97 Å². The van der Waals surface area contributed by atoms with Gasteiger partial charge in [-0.25, -0.2) is 0 Å². The van der Waals surface area contributed by atoms with Crippen molar-refractivity contribution in [1.82, 2.24) is 0 Å². The van der Waals surface area contributed by atoms with Gasteiger partial charge in [-0.2, -0.15) is 5.26 Å². The monoisotopic (exact) mass is 249 g/mol. The number of hydrogen-bond donors (Lipinski definition) is 1. The minimum atomic E-state index is -0.432. The van der Waals surface area contributed by atoms with Crippen LogP contribution in [-0.4, -0.2) is 18.9 Å². The van der Waals surface area contributed by atoms with E-state index in [9.17, 15) is 9.59 Å². The van der Waals surface area contributed by atoms with Gasteiger partial charge in [-0.1, -0.05) is 0 Å². The maximum Gasteiger partial charge on any atom is 0.310 e. The number of rotatable bonds is 4. The van der Waals surface area contributed by atoms with E-state index < -0.39 is 5.97 Å². The van der Waals surface area contributed by atoms with Crippen LogP contribution in [0.1, 0.15) is 28.4 Å². The number of carbonyl (C=O) groups excluding carboxylic acids is 2. The van der Waals surface area contributed by atoms with Crippen molar-refractivity contribution in [2.45, 2.75) is 18.2 Å². The Morgan fingerprint density at radius 3 is 2.82 bits per heavy atom. The standard InChI is InChI=1S/C12H11NO3S/c1-2-16-12(15)5-9-3-8(6-13)4-11(17)10(9)7-14/h3-4,7,17H,2,5H2,1H3. The quantitative estimate of drug-likeness (QED) is 0.501. The molecule has 0 aliphatic carbocycles. The maximum absolute atomic E-state index is 11.3. The van der Waals surface area contributed by atoms with Crippen LogP contribution in [0, 0.1) is 11.3 Å². The number of esters is 1. The van der Waals surface area contributed by atoms with E-state index in [0.717, 1.165) is 0 Å². The summed E-state index contributed by atoms with van der Waals surface area (Å²) < 4.78 is 4.80. The van der Waals surface area contributed by atoms with Gasteiger partial charge in [0.15, 0.2) is 6.29 Å². The van der Waals surface area contributed by atoms with Crippen molar-refractivity contribution in [2.75, 3.05) is 6.61 Å². The average molecular weight is 249 g/mol. The molecule has 0 fully saturated rings. The Balaban J connectivity index is 3.12. The summed E-state index contributed by atoms with van der Waals surface area (Å²) in [7, 11) is 0. The van der Waals surface area contributed by atoms with Crippen molar-refractivity contribution < 1.29 is 14.3 Å². The maximum atomic E-state index is 11.3. The van der Waals surface area contributed by atoms with Crippen molar-refractivity contribution in [1.29, 1.82) is 5.26 Å². The van der Waals surface area contributed by atoms with Crippen LogP contribution in [0.25, 0.3) is 0 Å². The first-order chi connectivity index (χ1) is 8.12. The van der Waals surface area contributed by atoms with E-state index in [1.807, 2.05) is 6.07 Å². The lowest BCUT2D eigenvalue weighted by molar-refractivity contribution is -0.142. The van der Waals surface area contributed by atoms with E-state index in [1.54, 1.807) is 6.92 Å². The van der Waals surface area contributed by atoms with E-state index >= 15 is 0 Å². The number of benzene rings is 1. The number of ether oxygens (including phenoxy) is 1. The van der Waals surface area contributed by atoms with Gasteiger partial charge in [0.2, 0.25) is 0 Å². The van der Waals surface area contributed by atoms with E-state index in [4.69, 9.17) is 10.00 Å². The first-order valence-corrected chi connectivity index (χ1v) is 5.43. The molecule has 1 rings (SSSR count). The van der Waals surface area contributed by atoms with Crippen molar-refractivity contribution in [3.05, 3.63) is 28.8 Å². The van der Waals surface area contributed by atoms with Crippen LogP contribution in [0.15, 0.2) is 17.0 Å². The van der Waals surface area contributed by atoms with Gasteiger partial charge in [0.1, 0.15) is 0 Å². The Labute approximate surface area is 105 Å². The van der Waals surface area contributed by atoms with Crippen molar-refractivity contribution in [3.8, 4) is 6.07 Å². The smallest absolute Gasteiger partial charge is 0.310 e. The van der Waals surface area contributed by atoms with Gasteiger partial charge in [-0.05, 0) is 24.6 Å². The molecule has 5 heteroatoms. The topological polar surface area (TPSA) is 67.2 Å². The summed E-state index contributed by atoms with van der Waals surface area (Å²) in [6.07, 6.45) is 0.586. The normalized spacial score (nSPS) is 9.47. The number of hydrogen-bond acceptors (Lipinski definition) is 5. The van der Waals surface area contributed by atoms with Gasteiger partial charge in [0.05, 0.1) is 24.7 Å². The number of aldehydes is 1. The fraction of sp³-hybridized carbons (Fsp3) is 0.250. The molecule has 4 nitrogen and oxygen atoms in total. The molecule has 0 amide bonds. The van der Waals surface area contributed by atoms with Crippen LogP contribution in [0.3, 0.4) is 0 Å². The number of nitrogens with zero attached hydrogens (tertiary/aromatic N) is 1. The molecule has 88 valence electrons. The van der Waals surface area contributed by atoms with Crippen LogP contribution in [0.2, 0.25) is 0 Å². The molecule has 0 radical (unpaired) electrons. The second-order valence-corrected chi connectivity index (χ2v) is 3.76. The molecule has 0 aliphatic rings. The zero-order valence-electron chi connectivity index (χ0n) is 9.27. The third-order valence-electron chi connectivity index (χ3n) is 2.13. The van der Waals surface area contributed by atoms with Gasteiger partial charge < -0.3 is 4.74 Å². The Morgan fingerprint density at radius 2 is 2.29 bits per heavy atom. The number of thiol groups is 1. The highest BCUT2D eigenvalue weighted by atomic mass is 32.1. The van der Waals surface area contributed by atoms with E-state index in [1.165, 1.54) is 12.1 Å². The minimum Gasteiger partial charge on any atom is -0.466 e. The summed E-state index contributed by atoms with van der Waals surface area (Å²) in [5.41, 5.74) is 1.14. The zero-order valence-corrected chi connectivity index (χ0v) is 10.2. The molecule has 0 atom stereocenters. The third-order valence-corrected chi connectivity index (χ3v) is 2.50. The summed E-state index contributed by atoms with van der Waals surface area (Å²) in [4.78, 5) is 22.6. The molecule has 0 N–H and O–H groups in total. The molecule has 1 aromatic carbocycles. The van der Waals surface area contributed by atoms with Crippen molar-refractivity contribution >= 4 is 24.9 Å². The summed E-state index contributed by atoms with van der Waals surface area (Å²) in [6.45, 7) is 1.98. The highest BCUT2D eigenvalue weighted by Crippen LogP contribution is 2.20. The van der Waals surface area contributed by atoms with Gasteiger partial charge in [0, 0.05) is 10.5 Å². The Kier molecular flexibility index (Phi) is 4.73. The van der Waals surface area contributed by atoms with Crippen molar-refractivity contribution in [3.63, 3.8) is 0 Å². The van der Waals surface area contributed by atoms with Gasteiger partial charge in [0.25, 0.3) is 0 Å². The fourth-order valence-corrected chi connectivity index (χ4v) is 1.75. The Bertz CT molecular complexity index is 491. The molecule has 0 bridgehead atoms. The van der Waals surface area contributed by atoms with E-state index in [2.05, 4.69) is 12.6 Å². The SMILES string of the molecule is CCOC(=O)Cc1cc(C#N)cc(S)c1C=O. The van der Waals surface area contributed by atoms with Crippen LogP contribution < -0.4 is 0 Å². The predicted molar refractivity (Wildman–Crippen MR) is 64.1 cm³/mol. The largest absolute Gasteiger partial charge is 0.466 e. The van der Waals surface area contributed by atoms with E-state index in [-0.39, 0.29) is 13.0 Å². The Morgan fingerprint density at radius 1 is 1.59 bits per heavy atom. The Hall–Kier alpha value is -1.80. The fourth-order valence-electron chi connectivity index (χ4n) is 1.41. The molecule has 0 spiro atoms. The lowest BCUT2D eigenvalue weighted by Crippen LogP contribution is -2.10. The summed E-state index contributed by atoms with van der Waals surface area (Å²) in [5, 5.41) is 8.80. The molecule has 0 aliphatic heterocycles. The summed E-state index contributed by atoms with van der Waals surface area (Å²) in [5.74, 6) is -0.432. The molecule has 1 aromatic rings. The zero-order chi connectivity index (χ0) is 12.8. The van der Waals surface area contributed by atoms with Crippen LogP contribution in [-0.2, 0) is 16.0 Å². The molecule has 0 unspecified atom stereocenters. The van der Waals surface area contributed by atoms with Crippen LogP contribution >= 0.6 is 12.6 Å². The predicted octanol–water partition coefficient (Wildman–Crippen LogP) is 1.77. The first kappa shape index (κ1) is 13.3. The third kappa shape index (κ3) is 3.33. The molecule has 0 aromatic heterocycles. The molecule has 0 heterocycles. The summed E-state index contributed by atoms with van der Waals surface area (Å²) >= 11 is 4.11. The summed E-state index contributed by atoms with van der Waals surface area (Å²) in [6, 6.07) is 4.94. The van der Waals surface area contributed by atoms with Crippen LogP contribution in [0.4, 0.5) is 0 Å². The number of carbonyl (C=O) groups is 2. The van der Waals surface area contributed by atoms with Crippen LogP contribution in [0.5, 0.6) is 0 Å². The highest BCUT2D eigenvalue weighted by Gasteiger charge is 2.12.